The van der Waals surface area contributed by atoms with Gasteiger partial charge in [0.15, 0.2) is 0 Å². The molecule has 0 aliphatic heterocycles. The van der Waals surface area contributed by atoms with Crippen molar-refractivity contribution in [3.8, 4) is 0 Å². The lowest BCUT2D eigenvalue weighted by Gasteiger charge is -2.10. The zero-order chi connectivity index (χ0) is 18.1. The molecule has 25 heavy (non-hydrogen) atoms. The van der Waals surface area contributed by atoms with Crippen LogP contribution in [0.3, 0.4) is 0 Å². The van der Waals surface area contributed by atoms with Crippen molar-refractivity contribution in [1.82, 2.24) is 0 Å². The summed E-state index contributed by atoms with van der Waals surface area (Å²) < 4.78 is 5.15. The highest BCUT2D eigenvalue weighted by Gasteiger charge is 2.17. The minimum Gasteiger partial charge on any atom is -0.458 e. The third kappa shape index (κ3) is 5.43. The van der Waals surface area contributed by atoms with Crippen molar-refractivity contribution in [2.24, 2.45) is 0 Å². The summed E-state index contributed by atoms with van der Waals surface area (Å²) in [4.78, 5) is 22.6. The number of aliphatic hydroxyl groups excluding tert-OH is 1. The summed E-state index contributed by atoms with van der Waals surface area (Å²) in [7, 11) is 0. The summed E-state index contributed by atoms with van der Waals surface area (Å²) in [6.45, 7) is 0.118. The number of nitrogens with one attached hydrogen (secondary N) is 1. The molecule has 7 heteroatoms. The number of aliphatic hydroxyl groups is 1. The van der Waals surface area contributed by atoms with Crippen molar-refractivity contribution in [1.29, 1.82) is 0 Å². The number of anilines is 1. The molecule has 0 atom stereocenters. The van der Waals surface area contributed by atoms with Crippen LogP contribution in [-0.4, -0.2) is 35.8 Å². The maximum atomic E-state index is 12.2. The van der Waals surface area contributed by atoms with E-state index in [0.717, 1.165) is 11.6 Å². The second-order valence-corrected chi connectivity index (χ2v) is 5.05. The van der Waals surface area contributed by atoms with Crippen LogP contribution in [0.15, 0.2) is 54.6 Å². The lowest BCUT2D eigenvalue weighted by Crippen LogP contribution is -2.13. The van der Waals surface area contributed by atoms with Gasteiger partial charge in [0.2, 0.25) is 0 Å². The van der Waals surface area contributed by atoms with Gasteiger partial charge in [-0.25, -0.2) is 4.79 Å². The average molecular weight is 342 g/mol. The fraction of sp³-hybridized carbons (Fsp3) is 0.167. The van der Waals surface area contributed by atoms with E-state index < -0.39 is 10.9 Å². The first-order valence-electron chi connectivity index (χ1n) is 7.63. The Morgan fingerprint density at radius 2 is 2.00 bits per heavy atom. The standard InChI is InChI=1S/C18H18N2O5/c21-11-10-19-17-9-8-15(20(23)24)13-16(17)18(22)25-12-4-7-14-5-2-1-3-6-14/h1-9,13,19,21H,10-12H2/b7-4+. The van der Waals surface area contributed by atoms with Crippen LogP contribution in [0.5, 0.6) is 0 Å². The number of esters is 1. The predicted octanol–water partition coefficient (Wildman–Crippen LogP) is 2.87. The van der Waals surface area contributed by atoms with Crippen LogP contribution in [0, 0.1) is 10.1 Å². The maximum Gasteiger partial charge on any atom is 0.340 e. The van der Waals surface area contributed by atoms with Crippen molar-refractivity contribution in [3.63, 3.8) is 0 Å². The summed E-state index contributed by atoms with van der Waals surface area (Å²) >= 11 is 0. The molecule has 0 spiro atoms. The molecule has 0 unspecified atom stereocenters. The van der Waals surface area contributed by atoms with Crippen molar-refractivity contribution >= 4 is 23.4 Å². The number of non-ortho nitro benzene ring substituents is 1. The number of benzene rings is 2. The minimum absolute atomic E-state index is 0.0376. The number of ether oxygens (including phenoxy) is 1. The van der Waals surface area contributed by atoms with Crippen molar-refractivity contribution in [3.05, 3.63) is 75.8 Å². The Balaban J connectivity index is 2.06. The van der Waals surface area contributed by atoms with Gasteiger partial charge in [0.05, 0.1) is 17.1 Å². The maximum absolute atomic E-state index is 12.2. The Hall–Kier alpha value is -3.19. The Morgan fingerprint density at radius 3 is 2.68 bits per heavy atom. The topological polar surface area (TPSA) is 102 Å². The molecule has 0 radical (unpaired) electrons. The van der Waals surface area contributed by atoms with Crippen molar-refractivity contribution < 1.29 is 19.6 Å². The van der Waals surface area contributed by atoms with Crippen molar-refractivity contribution in [2.75, 3.05) is 25.1 Å². The zero-order valence-corrected chi connectivity index (χ0v) is 13.4. The van der Waals surface area contributed by atoms with Crippen LogP contribution in [0.25, 0.3) is 6.08 Å². The number of nitro groups is 1. The van der Waals surface area contributed by atoms with E-state index in [1.807, 2.05) is 36.4 Å². The van der Waals surface area contributed by atoms with Gasteiger partial charge in [-0.15, -0.1) is 0 Å². The zero-order valence-electron chi connectivity index (χ0n) is 13.4. The van der Waals surface area contributed by atoms with Crippen LogP contribution < -0.4 is 5.32 Å². The molecule has 2 aromatic carbocycles. The molecule has 7 nitrogen and oxygen atoms in total. The minimum atomic E-state index is -0.679. The molecular weight excluding hydrogens is 324 g/mol. The summed E-state index contributed by atoms with van der Waals surface area (Å²) in [6, 6.07) is 13.4. The summed E-state index contributed by atoms with van der Waals surface area (Å²) in [6.07, 6.45) is 3.50. The highest BCUT2D eigenvalue weighted by molar-refractivity contribution is 5.96. The predicted molar refractivity (Wildman–Crippen MR) is 94.4 cm³/mol. The first-order valence-corrected chi connectivity index (χ1v) is 7.63. The second-order valence-electron chi connectivity index (χ2n) is 5.05. The Morgan fingerprint density at radius 1 is 1.24 bits per heavy atom. The molecular formula is C18H18N2O5. The molecule has 0 aromatic heterocycles. The lowest BCUT2D eigenvalue weighted by molar-refractivity contribution is -0.384. The molecule has 0 heterocycles. The monoisotopic (exact) mass is 342 g/mol. The van der Waals surface area contributed by atoms with Gasteiger partial charge in [0.25, 0.3) is 5.69 Å². The lowest BCUT2D eigenvalue weighted by atomic mass is 10.1. The van der Waals surface area contributed by atoms with Gasteiger partial charge in [-0.3, -0.25) is 10.1 Å². The van der Waals surface area contributed by atoms with E-state index in [4.69, 9.17) is 9.84 Å². The van der Waals surface area contributed by atoms with E-state index in [9.17, 15) is 14.9 Å². The molecule has 0 amide bonds. The molecule has 0 fully saturated rings. The second kappa shape index (κ2) is 9.19. The van der Waals surface area contributed by atoms with Gasteiger partial charge in [-0.2, -0.15) is 0 Å². The van der Waals surface area contributed by atoms with E-state index in [1.54, 1.807) is 6.08 Å². The summed E-state index contributed by atoms with van der Waals surface area (Å²) in [5, 5.41) is 22.6. The van der Waals surface area contributed by atoms with E-state index >= 15 is 0 Å². The molecule has 0 aliphatic carbocycles. The Bertz CT molecular complexity index is 759. The quantitative estimate of drug-likeness (QED) is 0.434. The van der Waals surface area contributed by atoms with E-state index in [2.05, 4.69) is 5.32 Å². The van der Waals surface area contributed by atoms with Crippen LogP contribution in [0.2, 0.25) is 0 Å². The number of nitro benzene ring substituents is 1. The normalized spacial score (nSPS) is 10.6. The highest BCUT2D eigenvalue weighted by Crippen LogP contribution is 2.23. The van der Waals surface area contributed by atoms with Gasteiger partial charge in [0.1, 0.15) is 6.61 Å². The third-order valence-corrected chi connectivity index (χ3v) is 3.28. The number of hydrogen-bond donors (Lipinski definition) is 2. The van der Waals surface area contributed by atoms with Gasteiger partial charge >= 0.3 is 5.97 Å². The number of carbonyl (C=O) groups excluding carboxylic acids is 1. The number of nitrogens with zero attached hydrogens (tertiary/aromatic N) is 1. The number of hydrogen-bond acceptors (Lipinski definition) is 6. The molecule has 2 rings (SSSR count). The van der Waals surface area contributed by atoms with Gasteiger partial charge in [-0.05, 0) is 17.7 Å². The van der Waals surface area contributed by atoms with E-state index in [-0.39, 0.29) is 31.0 Å². The van der Waals surface area contributed by atoms with Crippen LogP contribution in [0.1, 0.15) is 15.9 Å². The SMILES string of the molecule is O=C(OC/C=C/c1ccccc1)c1cc([N+](=O)[O-])ccc1NCCO. The fourth-order valence-electron chi connectivity index (χ4n) is 2.11. The van der Waals surface area contributed by atoms with E-state index in [0.29, 0.717) is 5.69 Å². The Labute approximate surface area is 144 Å². The van der Waals surface area contributed by atoms with Crippen molar-refractivity contribution in [2.45, 2.75) is 0 Å². The molecule has 130 valence electrons. The van der Waals surface area contributed by atoms with Gasteiger partial charge in [-0.1, -0.05) is 36.4 Å². The molecule has 0 saturated heterocycles. The van der Waals surface area contributed by atoms with Crippen LogP contribution >= 0.6 is 0 Å². The average Bonchev–Trinajstić information content (AvgIpc) is 2.64. The Kier molecular flexibility index (Phi) is 6.67. The van der Waals surface area contributed by atoms with E-state index in [1.165, 1.54) is 12.1 Å². The van der Waals surface area contributed by atoms with Crippen LogP contribution in [0.4, 0.5) is 11.4 Å². The van der Waals surface area contributed by atoms with Gasteiger partial charge < -0.3 is 15.2 Å². The molecule has 0 aliphatic rings. The molecule has 2 N–H and O–H groups in total. The molecule has 0 bridgehead atoms. The first-order chi connectivity index (χ1) is 12.1. The molecule has 0 saturated carbocycles. The summed E-state index contributed by atoms with van der Waals surface area (Å²) in [5.74, 6) is -0.679. The number of rotatable bonds is 8. The van der Waals surface area contributed by atoms with Crippen LogP contribution in [-0.2, 0) is 4.74 Å². The fourth-order valence-corrected chi connectivity index (χ4v) is 2.11. The molecule has 2 aromatic rings. The van der Waals surface area contributed by atoms with Gasteiger partial charge in [0, 0.05) is 24.4 Å². The largest absolute Gasteiger partial charge is 0.458 e. The third-order valence-electron chi connectivity index (χ3n) is 3.28. The smallest absolute Gasteiger partial charge is 0.340 e. The first kappa shape index (κ1) is 18.2. The summed E-state index contributed by atoms with van der Waals surface area (Å²) in [5.41, 5.74) is 1.19. The number of carbonyl (C=O) groups is 1. The highest BCUT2D eigenvalue weighted by atomic mass is 16.6.